The maximum Gasteiger partial charge on any atom is 0.275 e. The van der Waals surface area contributed by atoms with Crippen LogP contribution in [0.2, 0.25) is 0 Å². The summed E-state index contributed by atoms with van der Waals surface area (Å²) in [6.07, 6.45) is 4.27. The van der Waals surface area contributed by atoms with E-state index in [0.717, 1.165) is 31.2 Å². The highest BCUT2D eigenvalue weighted by Crippen LogP contribution is 2.24. The largest absolute Gasteiger partial charge is 0.352 e. The van der Waals surface area contributed by atoms with Crippen LogP contribution >= 0.6 is 0 Å². The van der Waals surface area contributed by atoms with Crippen molar-refractivity contribution >= 4 is 17.7 Å². The Hall–Kier alpha value is -3.16. The van der Waals surface area contributed by atoms with Crippen LogP contribution in [0.25, 0.3) is 0 Å². The molecule has 31 heavy (non-hydrogen) atoms. The zero-order chi connectivity index (χ0) is 21.4. The molecule has 1 aromatic heterocycles. The molecule has 2 fully saturated rings. The summed E-state index contributed by atoms with van der Waals surface area (Å²) in [6, 6.07) is 11.3. The van der Waals surface area contributed by atoms with E-state index in [9.17, 15) is 14.4 Å². The van der Waals surface area contributed by atoms with Gasteiger partial charge in [-0.1, -0.05) is 30.3 Å². The van der Waals surface area contributed by atoms with Gasteiger partial charge in [-0.3, -0.25) is 19.1 Å². The molecule has 0 spiro atoms. The van der Waals surface area contributed by atoms with Crippen LogP contribution in [0, 0.1) is 0 Å². The standard InChI is InChI=1S/C23H27N5O3/c29-21(24-17-9-10-17)19-8-4-12-27(19)22(30)18-14-20-23(31)26(11-5-13-28(20)25-18)15-16-6-2-1-3-7-16/h1-3,6-7,14,17,19H,4-5,8-13,15H2,(H,24,29)/t19-/m1/s1. The summed E-state index contributed by atoms with van der Waals surface area (Å²) in [5.74, 6) is -0.451. The molecule has 3 heterocycles. The summed E-state index contributed by atoms with van der Waals surface area (Å²) < 4.78 is 1.65. The second-order valence-electron chi connectivity index (χ2n) is 8.64. The van der Waals surface area contributed by atoms with Crippen LogP contribution in [0.15, 0.2) is 36.4 Å². The third kappa shape index (κ3) is 4.06. The van der Waals surface area contributed by atoms with Gasteiger partial charge in [0.25, 0.3) is 11.8 Å². The molecule has 1 aromatic carbocycles. The van der Waals surface area contributed by atoms with Crippen molar-refractivity contribution in [2.24, 2.45) is 0 Å². The topological polar surface area (TPSA) is 87.5 Å². The van der Waals surface area contributed by atoms with E-state index in [1.807, 2.05) is 35.2 Å². The number of hydrogen-bond donors (Lipinski definition) is 1. The number of rotatable bonds is 5. The second-order valence-corrected chi connectivity index (χ2v) is 8.64. The number of fused-ring (bicyclic) bond motifs is 1. The predicted molar refractivity (Wildman–Crippen MR) is 113 cm³/mol. The Balaban J connectivity index is 1.33. The molecule has 1 N–H and O–H groups in total. The number of carbonyl (C=O) groups excluding carboxylic acids is 3. The SMILES string of the molecule is O=C(NC1CC1)[C@H]1CCCN1C(=O)c1cc2n(n1)CCCN(Cc1ccccc1)C2=O. The van der Waals surface area contributed by atoms with Crippen molar-refractivity contribution in [3.05, 3.63) is 53.3 Å². The maximum absolute atomic E-state index is 13.2. The molecule has 1 saturated heterocycles. The molecule has 3 aliphatic rings. The molecule has 3 amide bonds. The lowest BCUT2D eigenvalue weighted by Crippen LogP contribution is -2.46. The van der Waals surface area contributed by atoms with E-state index < -0.39 is 6.04 Å². The molecule has 0 unspecified atom stereocenters. The van der Waals surface area contributed by atoms with Gasteiger partial charge < -0.3 is 15.1 Å². The van der Waals surface area contributed by atoms with Crippen LogP contribution in [0.3, 0.4) is 0 Å². The molecule has 5 rings (SSSR count). The highest BCUT2D eigenvalue weighted by molar-refractivity contribution is 6.00. The molecule has 1 atom stereocenters. The first kappa shape index (κ1) is 19.8. The van der Waals surface area contributed by atoms with Crippen molar-refractivity contribution in [2.75, 3.05) is 13.1 Å². The summed E-state index contributed by atoms with van der Waals surface area (Å²) in [4.78, 5) is 42.4. The van der Waals surface area contributed by atoms with Crippen molar-refractivity contribution < 1.29 is 14.4 Å². The van der Waals surface area contributed by atoms with Crippen LogP contribution in [0.5, 0.6) is 0 Å². The van der Waals surface area contributed by atoms with E-state index in [1.54, 1.807) is 15.6 Å². The van der Waals surface area contributed by atoms with E-state index >= 15 is 0 Å². The first-order valence-electron chi connectivity index (χ1n) is 11.1. The van der Waals surface area contributed by atoms with E-state index in [1.165, 1.54) is 0 Å². The Morgan fingerprint density at radius 1 is 1.03 bits per heavy atom. The van der Waals surface area contributed by atoms with Gasteiger partial charge in [-0.15, -0.1) is 0 Å². The zero-order valence-electron chi connectivity index (χ0n) is 17.5. The monoisotopic (exact) mass is 421 g/mol. The number of nitrogens with one attached hydrogen (secondary N) is 1. The fourth-order valence-electron chi connectivity index (χ4n) is 4.45. The number of nitrogens with zero attached hydrogens (tertiary/aromatic N) is 4. The summed E-state index contributed by atoms with van der Waals surface area (Å²) in [7, 11) is 0. The third-order valence-corrected chi connectivity index (χ3v) is 6.26. The lowest BCUT2D eigenvalue weighted by atomic mass is 10.2. The minimum atomic E-state index is -0.445. The van der Waals surface area contributed by atoms with Gasteiger partial charge in [0.2, 0.25) is 5.91 Å². The highest BCUT2D eigenvalue weighted by Gasteiger charge is 2.38. The quantitative estimate of drug-likeness (QED) is 0.798. The second kappa shape index (κ2) is 8.17. The molecular formula is C23H27N5O3. The van der Waals surface area contributed by atoms with Gasteiger partial charge in [0.15, 0.2) is 5.69 Å². The summed E-state index contributed by atoms with van der Waals surface area (Å²) in [5.41, 5.74) is 1.76. The Labute approximate surface area is 181 Å². The molecule has 1 saturated carbocycles. The third-order valence-electron chi connectivity index (χ3n) is 6.26. The van der Waals surface area contributed by atoms with Crippen LogP contribution < -0.4 is 5.32 Å². The number of hydrogen-bond acceptors (Lipinski definition) is 4. The fourth-order valence-corrected chi connectivity index (χ4v) is 4.45. The van der Waals surface area contributed by atoms with Gasteiger partial charge in [-0.25, -0.2) is 0 Å². The van der Waals surface area contributed by atoms with E-state index in [4.69, 9.17) is 0 Å². The first-order valence-corrected chi connectivity index (χ1v) is 11.1. The Morgan fingerprint density at radius 3 is 2.61 bits per heavy atom. The van der Waals surface area contributed by atoms with Crippen molar-refractivity contribution in [3.63, 3.8) is 0 Å². The average Bonchev–Trinajstić information content (AvgIpc) is 3.32. The van der Waals surface area contributed by atoms with Gasteiger partial charge in [0, 0.05) is 38.3 Å². The molecule has 1 aliphatic carbocycles. The Bertz CT molecular complexity index is 998. The molecule has 162 valence electrons. The fraction of sp³-hybridized carbons (Fsp3) is 0.478. The summed E-state index contributed by atoms with van der Waals surface area (Å²) in [5, 5.41) is 7.47. The van der Waals surface area contributed by atoms with E-state index in [0.29, 0.717) is 38.3 Å². The molecule has 8 heteroatoms. The molecule has 2 aromatic rings. The normalized spacial score (nSPS) is 21.0. The molecule has 8 nitrogen and oxygen atoms in total. The van der Waals surface area contributed by atoms with Crippen LogP contribution in [0.1, 0.15) is 58.6 Å². The summed E-state index contributed by atoms with van der Waals surface area (Å²) in [6.45, 7) is 2.31. The molecular weight excluding hydrogens is 394 g/mol. The minimum absolute atomic E-state index is 0.0702. The van der Waals surface area contributed by atoms with Crippen molar-refractivity contribution in [3.8, 4) is 0 Å². The van der Waals surface area contributed by atoms with Crippen LogP contribution in [-0.4, -0.2) is 62.5 Å². The molecule has 2 aliphatic heterocycles. The van der Waals surface area contributed by atoms with Gasteiger partial charge in [0.1, 0.15) is 11.7 Å². The van der Waals surface area contributed by atoms with Crippen LogP contribution in [-0.2, 0) is 17.9 Å². The minimum Gasteiger partial charge on any atom is -0.352 e. The lowest BCUT2D eigenvalue weighted by molar-refractivity contribution is -0.125. The zero-order valence-corrected chi connectivity index (χ0v) is 17.5. The van der Waals surface area contributed by atoms with Gasteiger partial charge in [-0.2, -0.15) is 5.10 Å². The highest BCUT2D eigenvalue weighted by atomic mass is 16.2. The van der Waals surface area contributed by atoms with Crippen LogP contribution in [0.4, 0.5) is 0 Å². The van der Waals surface area contributed by atoms with E-state index in [-0.39, 0.29) is 29.5 Å². The number of aryl methyl sites for hydroxylation is 1. The average molecular weight is 422 g/mol. The lowest BCUT2D eigenvalue weighted by Gasteiger charge is -2.23. The van der Waals surface area contributed by atoms with Gasteiger partial charge in [-0.05, 0) is 37.7 Å². The van der Waals surface area contributed by atoms with Crippen molar-refractivity contribution in [1.29, 1.82) is 0 Å². The maximum atomic E-state index is 13.2. The number of benzene rings is 1. The number of aromatic nitrogens is 2. The van der Waals surface area contributed by atoms with Crippen molar-refractivity contribution in [1.82, 2.24) is 24.9 Å². The number of amides is 3. The Kier molecular flexibility index (Phi) is 5.21. The number of likely N-dealkylation sites (tertiary alicyclic amines) is 1. The molecule has 0 bridgehead atoms. The van der Waals surface area contributed by atoms with E-state index in [2.05, 4.69) is 10.4 Å². The number of carbonyl (C=O) groups is 3. The first-order chi connectivity index (χ1) is 15.1. The summed E-state index contributed by atoms with van der Waals surface area (Å²) >= 11 is 0. The van der Waals surface area contributed by atoms with Crippen molar-refractivity contribution in [2.45, 2.75) is 57.3 Å². The smallest absolute Gasteiger partial charge is 0.275 e. The van der Waals surface area contributed by atoms with Gasteiger partial charge >= 0.3 is 0 Å². The Morgan fingerprint density at radius 2 is 1.84 bits per heavy atom. The molecule has 0 radical (unpaired) electrons. The van der Waals surface area contributed by atoms with Gasteiger partial charge in [0.05, 0.1) is 0 Å². The predicted octanol–water partition coefficient (Wildman–Crippen LogP) is 1.81.